The van der Waals surface area contributed by atoms with E-state index in [1.807, 2.05) is 19.2 Å². The Kier molecular flexibility index (Phi) is 3.65. The summed E-state index contributed by atoms with van der Waals surface area (Å²) in [5, 5.41) is 16.1. The average molecular weight is 261 g/mol. The molecule has 0 aliphatic carbocycles. The monoisotopic (exact) mass is 261 g/mol. The summed E-state index contributed by atoms with van der Waals surface area (Å²) in [6.45, 7) is 2.57. The first kappa shape index (κ1) is 12.9. The minimum absolute atomic E-state index is 0.0127. The SMILES string of the molecule is CC(Cn1cccn1)Nc1nc(C(=O)O)ccc1N. The molecule has 0 bridgehead atoms. The molecule has 0 aliphatic rings. The number of hydrogen-bond donors (Lipinski definition) is 3. The van der Waals surface area contributed by atoms with Gasteiger partial charge in [0.05, 0.1) is 12.2 Å². The summed E-state index contributed by atoms with van der Waals surface area (Å²) in [5.41, 5.74) is 6.15. The van der Waals surface area contributed by atoms with Crippen molar-refractivity contribution in [2.24, 2.45) is 0 Å². The molecule has 0 fully saturated rings. The van der Waals surface area contributed by atoms with E-state index in [1.165, 1.54) is 12.1 Å². The number of aromatic nitrogens is 3. The van der Waals surface area contributed by atoms with Crippen molar-refractivity contribution in [2.75, 3.05) is 11.1 Å². The highest BCUT2D eigenvalue weighted by atomic mass is 16.4. The lowest BCUT2D eigenvalue weighted by Crippen LogP contribution is -2.23. The predicted octanol–water partition coefficient (Wildman–Crippen LogP) is 1.06. The molecule has 0 saturated carbocycles. The number of anilines is 2. The van der Waals surface area contributed by atoms with E-state index in [-0.39, 0.29) is 11.7 Å². The van der Waals surface area contributed by atoms with E-state index in [4.69, 9.17) is 10.8 Å². The molecule has 7 nitrogen and oxygen atoms in total. The van der Waals surface area contributed by atoms with Crippen molar-refractivity contribution in [1.29, 1.82) is 0 Å². The quantitative estimate of drug-likeness (QED) is 0.743. The Labute approximate surface area is 110 Å². The molecule has 0 aliphatic heterocycles. The van der Waals surface area contributed by atoms with Crippen molar-refractivity contribution in [1.82, 2.24) is 14.8 Å². The number of carboxylic acid groups (broad SMARTS) is 1. The zero-order chi connectivity index (χ0) is 13.8. The van der Waals surface area contributed by atoms with Gasteiger partial charge in [-0.1, -0.05) is 0 Å². The van der Waals surface area contributed by atoms with Crippen LogP contribution in [0.1, 0.15) is 17.4 Å². The third-order valence-electron chi connectivity index (χ3n) is 2.55. The summed E-state index contributed by atoms with van der Waals surface area (Å²) in [4.78, 5) is 14.8. The van der Waals surface area contributed by atoms with Gasteiger partial charge in [-0.2, -0.15) is 5.10 Å². The molecule has 2 heterocycles. The second-order valence-electron chi connectivity index (χ2n) is 4.21. The zero-order valence-corrected chi connectivity index (χ0v) is 10.4. The Morgan fingerprint density at radius 2 is 2.37 bits per heavy atom. The van der Waals surface area contributed by atoms with E-state index in [2.05, 4.69) is 15.4 Å². The molecule has 0 saturated heterocycles. The van der Waals surface area contributed by atoms with Crippen LogP contribution in [0, 0.1) is 0 Å². The van der Waals surface area contributed by atoms with Crippen LogP contribution < -0.4 is 11.1 Å². The van der Waals surface area contributed by atoms with Crippen LogP contribution >= 0.6 is 0 Å². The second-order valence-corrected chi connectivity index (χ2v) is 4.21. The number of nitrogens with one attached hydrogen (secondary N) is 1. The van der Waals surface area contributed by atoms with Crippen molar-refractivity contribution in [3.8, 4) is 0 Å². The number of aromatic carboxylic acids is 1. The molecule has 2 aromatic rings. The number of nitrogen functional groups attached to an aromatic ring is 1. The minimum atomic E-state index is -1.08. The van der Waals surface area contributed by atoms with Gasteiger partial charge in [0.1, 0.15) is 5.82 Å². The molecule has 1 atom stereocenters. The molecule has 1 unspecified atom stereocenters. The van der Waals surface area contributed by atoms with Gasteiger partial charge in [-0.25, -0.2) is 9.78 Å². The van der Waals surface area contributed by atoms with E-state index in [1.54, 1.807) is 10.9 Å². The Hall–Kier alpha value is -2.57. The second kappa shape index (κ2) is 5.38. The molecule has 19 heavy (non-hydrogen) atoms. The number of hydrogen-bond acceptors (Lipinski definition) is 5. The first-order valence-electron chi connectivity index (χ1n) is 5.80. The van der Waals surface area contributed by atoms with E-state index < -0.39 is 5.97 Å². The average Bonchev–Trinajstić information content (AvgIpc) is 2.84. The first-order chi connectivity index (χ1) is 9.06. The molecule has 2 aromatic heterocycles. The fourth-order valence-electron chi connectivity index (χ4n) is 1.67. The molecular formula is C12H15N5O2. The molecule has 100 valence electrons. The van der Waals surface area contributed by atoms with E-state index in [0.29, 0.717) is 18.1 Å². The van der Waals surface area contributed by atoms with Gasteiger partial charge >= 0.3 is 5.97 Å². The van der Waals surface area contributed by atoms with Crippen LogP contribution in [0.4, 0.5) is 11.5 Å². The standard InChI is InChI=1S/C12H15N5O2/c1-8(7-17-6-2-5-14-17)15-11-9(13)3-4-10(16-11)12(18)19/h2-6,8H,7,13H2,1H3,(H,15,16)(H,18,19). The lowest BCUT2D eigenvalue weighted by Gasteiger charge is -2.16. The van der Waals surface area contributed by atoms with Gasteiger partial charge < -0.3 is 16.2 Å². The van der Waals surface area contributed by atoms with Crippen LogP contribution in [0.3, 0.4) is 0 Å². The summed E-state index contributed by atoms with van der Waals surface area (Å²) in [5.74, 6) is -0.706. The van der Waals surface area contributed by atoms with Crippen LogP contribution in [0.5, 0.6) is 0 Å². The Morgan fingerprint density at radius 1 is 1.58 bits per heavy atom. The highest BCUT2D eigenvalue weighted by molar-refractivity contribution is 5.86. The van der Waals surface area contributed by atoms with Crippen molar-refractivity contribution in [3.05, 3.63) is 36.3 Å². The van der Waals surface area contributed by atoms with Gasteiger partial charge in [0.2, 0.25) is 0 Å². The number of rotatable bonds is 5. The normalized spacial score (nSPS) is 12.1. The lowest BCUT2D eigenvalue weighted by molar-refractivity contribution is 0.0690. The largest absolute Gasteiger partial charge is 0.477 e. The summed E-state index contributed by atoms with van der Waals surface area (Å²) < 4.78 is 1.77. The van der Waals surface area contributed by atoms with Crippen molar-refractivity contribution in [2.45, 2.75) is 19.5 Å². The Bertz CT molecular complexity index is 568. The zero-order valence-electron chi connectivity index (χ0n) is 10.4. The van der Waals surface area contributed by atoms with Crippen molar-refractivity contribution in [3.63, 3.8) is 0 Å². The lowest BCUT2D eigenvalue weighted by atomic mass is 10.3. The first-order valence-corrected chi connectivity index (χ1v) is 5.80. The van der Waals surface area contributed by atoms with E-state index >= 15 is 0 Å². The molecule has 0 amide bonds. The Morgan fingerprint density at radius 3 is 3.00 bits per heavy atom. The van der Waals surface area contributed by atoms with E-state index in [9.17, 15) is 4.79 Å². The molecular weight excluding hydrogens is 246 g/mol. The van der Waals surface area contributed by atoms with Gasteiger partial charge in [-0.3, -0.25) is 4.68 Å². The number of carbonyl (C=O) groups is 1. The Balaban J connectivity index is 2.09. The number of nitrogens with two attached hydrogens (primary N) is 1. The predicted molar refractivity (Wildman–Crippen MR) is 70.9 cm³/mol. The van der Waals surface area contributed by atoms with Crippen LogP contribution in [0.2, 0.25) is 0 Å². The molecule has 4 N–H and O–H groups in total. The molecule has 0 spiro atoms. The van der Waals surface area contributed by atoms with Gasteiger partial charge in [0.15, 0.2) is 5.69 Å². The van der Waals surface area contributed by atoms with Gasteiger partial charge in [0.25, 0.3) is 0 Å². The summed E-state index contributed by atoms with van der Waals surface area (Å²) in [6, 6.07) is 4.75. The van der Waals surface area contributed by atoms with Gasteiger partial charge in [-0.15, -0.1) is 0 Å². The van der Waals surface area contributed by atoms with Gasteiger partial charge in [0, 0.05) is 18.4 Å². The highest BCUT2D eigenvalue weighted by Gasteiger charge is 2.11. The third kappa shape index (κ3) is 3.21. The summed E-state index contributed by atoms with van der Waals surface area (Å²) in [7, 11) is 0. The van der Waals surface area contributed by atoms with Crippen LogP contribution in [0.15, 0.2) is 30.6 Å². The van der Waals surface area contributed by atoms with E-state index in [0.717, 1.165) is 0 Å². The van der Waals surface area contributed by atoms with Crippen LogP contribution in [-0.2, 0) is 6.54 Å². The summed E-state index contributed by atoms with van der Waals surface area (Å²) >= 11 is 0. The van der Waals surface area contributed by atoms with Crippen LogP contribution in [-0.4, -0.2) is 31.9 Å². The van der Waals surface area contributed by atoms with Crippen molar-refractivity contribution < 1.29 is 9.90 Å². The topological polar surface area (TPSA) is 106 Å². The molecule has 2 rings (SSSR count). The molecule has 0 aromatic carbocycles. The maximum atomic E-state index is 10.9. The number of carboxylic acids is 1. The molecule has 0 radical (unpaired) electrons. The van der Waals surface area contributed by atoms with Crippen molar-refractivity contribution >= 4 is 17.5 Å². The maximum absolute atomic E-state index is 10.9. The highest BCUT2D eigenvalue weighted by Crippen LogP contribution is 2.17. The molecule has 7 heteroatoms. The maximum Gasteiger partial charge on any atom is 0.354 e. The third-order valence-corrected chi connectivity index (χ3v) is 2.55. The fourth-order valence-corrected chi connectivity index (χ4v) is 1.67. The fraction of sp³-hybridized carbons (Fsp3) is 0.250. The minimum Gasteiger partial charge on any atom is -0.477 e. The smallest absolute Gasteiger partial charge is 0.354 e. The number of nitrogens with zero attached hydrogens (tertiary/aromatic N) is 3. The van der Waals surface area contributed by atoms with Gasteiger partial charge in [-0.05, 0) is 25.1 Å². The van der Waals surface area contributed by atoms with Crippen LogP contribution in [0.25, 0.3) is 0 Å². The number of pyridine rings is 1. The summed E-state index contributed by atoms with van der Waals surface area (Å²) in [6.07, 6.45) is 3.55.